The van der Waals surface area contributed by atoms with Crippen molar-refractivity contribution in [2.24, 2.45) is 28.1 Å². The van der Waals surface area contributed by atoms with Gasteiger partial charge in [-0.25, -0.2) is 4.79 Å². The number of carbonyl (C=O) groups excluding carboxylic acids is 5. The number of ether oxygens (including phenoxy) is 3. The lowest BCUT2D eigenvalue weighted by Crippen LogP contribution is -2.57. The molecule has 2 fully saturated rings. The normalized spacial score (nSPS) is 21.8. The number of nitrogens with one attached hydrogen (secondary N) is 1. The number of nitrogens with two attached hydrogens (primary N) is 1. The fourth-order valence-electron chi connectivity index (χ4n) is 6.38. The van der Waals surface area contributed by atoms with Gasteiger partial charge in [-0.15, -0.1) is 0 Å². The van der Waals surface area contributed by atoms with Crippen molar-refractivity contribution < 1.29 is 43.0 Å². The third kappa shape index (κ3) is 9.23. The molecule has 2 aliphatic heterocycles. The second-order valence-electron chi connectivity index (χ2n) is 15.3. The molecule has 1 aliphatic carbocycles. The van der Waals surface area contributed by atoms with Crippen molar-refractivity contribution >= 4 is 46.8 Å². The van der Waals surface area contributed by atoms with E-state index >= 15 is 0 Å². The maximum atomic E-state index is 14.5. The number of rotatable bonds is 13. The monoisotopic (exact) mass is 704 g/mol. The van der Waals surface area contributed by atoms with Crippen LogP contribution in [0.25, 0.3) is 0 Å². The Labute approximate surface area is 292 Å². The fourth-order valence-corrected chi connectivity index (χ4v) is 6.60. The van der Waals surface area contributed by atoms with Crippen molar-refractivity contribution in [1.82, 2.24) is 10.2 Å². The minimum absolute atomic E-state index is 0.0397. The van der Waals surface area contributed by atoms with E-state index in [1.165, 1.54) is 12.0 Å². The molecule has 14 heteroatoms. The summed E-state index contributed by atoms with van der Waals surface area (Å²) in [6, 6.07) is 1.21. The molecular weight excluding hydrogens is 656 g/mol. The second kappa shape index (κ2) is 14.5. The van der Waals surface area contributed by atoms with E-state index < -0.39 is 64.1 Å². The highest BCUT2D eigenvalue weighted by Gasteiger charge is 2.56. The van der Waals surface area contributed by atoms with Gasteiger partial charge in [0.2, 0.25) is 11.7 Å². The van der Waals surface area contributed by atoms with Crippen molar-refractivity contribution in [2.45, 2.75) is 110 Å². The van der Waals surface area contributed by atoms with Crippen LogP contribution in [0.3, 0.4) is 0 Å². The quantitative estimate of drug-likeness (QED) is 0.278. The number of primary amides is 1. The van der Waals surface area contributed by atoms with Crippen LogP contribution in [0.15, 0.2) is 17.3 Å². The number of hydrogen-bond donors (Lipinski definition) is 2. The fraction of sp³-hybridized carbons (Fsp3) is 0.657. The lowest BCUT2D eigenvalue weighted by molar-refractivity contribution is -0.143. The van der Waals surface area contributed by atoms with Crippen molar-refractivity contribution in [2.75, 3.05) is 20.3 Å². The summed E-state index contributed by atoms with van der Waals surface area (Å²) in [6.45, 7) is 12.7. The Balaban J connectivity index is 1.67. The molecule has 3 amide bonds. The van der Waals surface area contributed by atoms with Gasteiger partial charge in [0.05, 0.1) is 37.0 Å². The van der Waals surface area contributed by atoms with E-state index in [4.69, 9.17) is 36.4 Å². The van der Waals surface area contributed by atoms with Gasteiger partial charge in [0, 0.05) is 36.8 Å². The first-order valence-electron chi connectivity index (χ1n) is 16.7. The molecule has 270 valence electrons. The molecule has 1 aromatic carbocycles. The van der Waals surface area contributed by atoms with E-state index in [-0.39, 0.29) is 31.7 Å². The van der Waals surface area contributed by atoms with Crippen LogP contribution in [0, 0.1) is 17.3 Å². The molecule has 0 radical (unpaired) electrons. The number of Topliss-reactive ketones (excluding diaryl/α,β-unsaturated/α-hetero) is 2. The van der Waals surface area contributed by atoms with Crippen LogP contribution in [0.4, 0.5) is 4.79 Å². The number of hydrogen-bond acceptors (Lipinski definition) is 10. The van der Waals surface area contributed by atoms with E-state index in [0.29, 0.717) is 40.8 Å². The SMILES string of the molecule is CCOc1cc(OC)c(C2=NO[C@]3(C2)C[C@@H](C(=O)C[C@@H](CC2CC2)C(=O)C(N)=O)N(C(=O)[C@@H](NC(=O)OC(C)(C)C)C(C)(C)C)C3)cc1Cl. The zero-order valence-electron chi connectivity index (χ0n) is 29.6. The Morgan fingerprint density at radius 2 is 1.80 bits per heavy atom. The molecule has 0 unspecified atom stereocenters. The molecule has 4 atom stereocenters. The second-order valence-corrected chi connectivity index (χ2v) is 15.7. The highest BCUT2D eigenvalue weighted by molar-refractivity contribution is 6.36. The summed E-state index contributed by atoms with van der Waals surface area (Å²) in [5.41, 5.74) is 3.70. The van der Waals surface area contributed by atoms with Crippen LogP contribution in [0.1, 0.15) is 92.6 Å². The first-order chi connectivity index (χ1) is 22.8. The van der Waals surface area contributed by atoms with Gasteiger partial charge in [-0.05, 0) is 51.5 Å². The first kappa shape index (κ1) is 37.9. The molecule has 1 aromatic rings. The number of alkyl carbamates (subject to hydrolysis) is 1. The van der Waals surface area contributed by atoms with E-state index in [1.54, 1.807) is 53.7 Å². The molecule has 0 aromatic heterocycles. The van der Waals surface area contributed by atoms with Gasteiger partial charge in [0.1, 0.15) is 23.1 Å². The maximum Gasteiger partial charge on any atom is 0.408 e. The minimum Gasteiger partial charge on any atom is -0.496 e. The Kier molecular flexibility index (Phi) is 11.3. The molecule has 0 bridgehead atoms. The number of methoxy groups -OCH3 is 1. The smallest absolute Gasteiger partial charge is 0.408 e. The highest BCUT2D eigenvalue weighted by atomic mass is 35.5. The summed E-state index contributed by atoms with van der Waals surface area (Å²) >= 11 is 6.51. The maximum absolute atomic E-state index is 14.5. The van der Waals surface area contributed by atoms with Crippen LogP contribution >= 0.6 is 11.6 Å². The third-order valence-electron chi connectivity index (χ3n) is 8.91. The minimum atomic E-state index is -1.12. The van der Waals surface area contributed by atoms with Gasteiger partial charge in [-0.2, -0.15) is 0 Å². The molecule has 49 heavy (non-hydrogen) atoms. The summed E-state index contributed by atoms with van der Waals surface area (Å²) in [5, 5.41) is 7.44. The van der Waals surface area contributed by atoms with Crippen molar-refractivity contribution in [3.05, 3.63) is 22.7 Å². The molecule has 1 spiro atoms. The van der Waals surface area contributed by atoms with E-state index in [1.807, 2.05) is 6.92 Å². The number of nitrogens with zero attached hydrogens (tertiary/aromatic N) is 2. The summed E-state index contributed by atoms with van der Waals surface area (Å²) < 4.78 is 16.7. The number of benzene rings is 1. The summed E-state index contributed by atoms with van der Waals surface area (Å²) in [5.74, 6) is -2.58. The molecule has 3 N–H and O–H groups in total. The highest BCUT2D eigenvalue weighted by Crippen LogP contribution is 2.44. The molecule has 3 aliphatic rings. The van der Waals surface area contributed by atoms with Crippen molar-refractivity contribution in [1.29, 1.82) is 0 Å². The van der Waals surface area contributed by atoms with Crippen LogP contribution in [0.2, 0.25) is 5.02 Å². The average molecular weight is 705 g/mol. The predicted octanol–water partition coefficient (Wildman–Crippen LogP) is 4.58. The summed E-state index contributed by atoms with van der Waals surface area (Å²) in [7, 11) is 1.51. The number of amides is 3. The number of halogens is 1. The molecule has 2 heterocycles. The number of likely N-dealkylation sites (tertiary alicyclic amines) is 1. The summed E-state index contributed by atoms with van der Waals surface area (Å²) in [6.07, 6.45) is 1.39. The Bertz CT molecular complexity index is 1510. The van der Waals surface area contributed by atoms with Crippen LogP contribution < -0.4 is 20.5 Å². The van der Waals surface area contributed by atoms with Crippen molar-refractivity contribution in [3.8, 4) is 11.5 Å². The van der Waals surface area contributed by atoms with Crippen LogP contribution in [-0.2, 0) is 28.8 Å². The lowest BCUT2D eigenvalue weighted by atomic mass is 9.85. The van der Waals surface area contributed by atoms with Gasteiger partial charge >= 0.3 is 6.09 Å². The Hall–Kier alpha value is -3.87. The molecular formula is C35H49ClN4O9. The molecule has 1 saturated carbocycles. The van der Waals surface area contributed by atoms with Gasteiger partial charge in [-0.1, -0.05) is 50.4 Å². The predicted molar refractivity (Wildman–Crippen MR) is 182 cm³/mol. The number of oxime groups is 1. The van der Waals surface area contributed by atoms with Gasteiger partial charge < -0.3 is 35.0 Å². The zero-order chi connectivity index (χ0) is 36.5. The van der Waals surface area contributed by atoms with E-state index in [0.717, 1.165) is 12.8 Å². The largest absolute Gasteiger partial charge is 0.496 e. The average Bonchev–Trinajstić information content (AvgIpc) is 3.60. The van der Waals surface area contributed by atoms with Crippen molar-refractivity contribution in [3.63, 3.8) is 0 Å². The number of ketones is 2. The molecule has 13 nitrogen and oxygen atoms in total. The van der Waals surface area contributed by atoms with Crippen LogP contribution in [0.5, 0.6) is 11.5 Å². The molecule has 4 rings (SSSR count). The van der Waals surface area contributed by atoms with Gasteiger partial charge in [0.25, 0.3) is 5.91 Å². The lowest BCUT2D eigenvalue weighted by Gasteiger charge is -2.36. The van der Waals surface area contributed by atoms with Gasteiger partial charge in [0.15, 0.2) is 11.4 Å². The Morgan fingerprint density at radius 3 is 2.35 bits per heavy atom. The van der Waals surface area contributed by atoms with E-state index in [9.17, 15) is 24.0 Å². The summed E-state index contributed by atoms with van der Waals surface area (Å²) in [4.78, 5) is 73.8. The van der Waals surface area contributed by atoms with Gasteiger partial charge in [-0.3, -0.25) is 19.2 Å². The van der Waals surface area contributed by atoms with Crippen LogP contribution in [-0.4, -0.2) is 83.6 Å². The number of carbonyl (C=O) groups is 5. The third-order valence-corrected chi connectivity index (χ3v) is 9.20. The first-order valence-corrected chi connectivity index (χ1v) is 17.1. The Morgan fingerprint density at radius 1 is 1.12 bits per heavy atom. The zero-order valence-corrected chi connectivity index (χ0v) is 30.4. The standard InChI is InChI=1S/C35H49ClN4O9/c1-9-47-27-15-26(46-8)21(14-22(27)36)23-16-35(49-39-23)17-24(25(41)13-20(12-19-10-11-19)28(42)30(37)43)40(18-35)31(44)29(33(2,3)4)38-32(45)48-34(5,6)7/h14-15,19-20,24,29H,9-13,16-18H2,1-8H3,(H2,37,43)(H,38,45)/t20-,24+,29-,35-/m1/s1. The topological polar surface area (TPSA) is 176 Å². The molecule has 1 saturated heterocycles. The van der Waals surface area contributed by atoms with E-state index in [2.05, 4.69) is 10.5 Å².